The van der Waals surface area contributed by atoms with Crippen LogP contribution in [0.1, 0.15) is 70.7 Å². The summed E-state index contributed by atoms with van der Waals surface area (Å²) in [6.07, 6.45) is -1.33. The highest BCUT2D eigenvalue weighted by Gasteiger charge is 2.54. The number of carboxylic acid groups (broad SMARTS) is 1. The van der Waals surface area contributed by atoms with Crippen molar-refractivity contribution in [1.82, 2.24) is 24.6 Å². The van der Waals surface area contributed by atoms with Gasteiger partial charge in [0.15, 0.2) is 6.23 Å². The maximum Gasteiger partial charge on any atom is 0.491 e. The molecule has 2 aliphatic rings. The quantitative estimate of drug-likeness (QED) is 0.123. The van der Waals surface area contributed by atoms with E-state index >= 15 is 4.39 Å². The molecule has 1 N–H and O–H groups in total. The number of carbonyl (C=O) groups excluding carboxylic acids is 1. The third-order valence-electron chi connectivity index (χ3n) is 9.56. The van der Waals surface area contributed by atoms with Crippen LogP contribution in [0.3, 0.4) is 0 Å². The molecule has 17 heteroatoms. The number of pyridine rings is 1. The van der Waals surface area contributed by atoms with E-state index < -0.39 is 49.2 Å². The summed E-state index contributed by atoms with van der Waals surface area (Å²) in [4.78, 5) is 30.2. The second kappa shape index (κ2) is 15.9. The molecule has 4 heterocycles. The summed E-state index contributed by atoms with van der Waals surface area (Å²) in [7, 11) is 1.74. The summed E-state index contributed by atoms with van der Waals surface area (Å²) in [5.41, 5.74) is -1.14. The van der Waals surface area contributed by atoms with E-state index in [4.69, 9.17) is 18.8 Å². The molecule has 3 aromatic rings. The van der Waals surface area contributed by atoms with E-state index in [1.807, 2.05) is 0 Å². The van der Waals surface area contributed by atoms with Gasteiger partial charge in [-0.2, -0.15) is 17.6 Å². The summed E-state index contributed by atoms with van der Waals surface area (Å²) < 4.78 is 84.0. The van der Waals surface area contributed by atoms with Crippen LogP contribution in [0.25, 0.3) is 16.5 Å². The van der Waals surface area contributed by atoms with E-state index in [0.29, 0.717) is 18.5 Å². The first-order valence-corrected chi connectivity index (χ1v) is 17.3. The molecular formula is C36H44BF4N5O7. The summed E-state index contributed by atoms with van der Waals surface area (Å²) >= 11 is 0. The number of fused-ring (bicyclic) bond motifs is 1. The first kappa shape index (κ1) is 39.7. The van der Waals surface area contributed by atoms with E-state index in [1.54, 1.807) is 53.9 Å². The molecule has 2 saturated heterocycles. The largest absolute Gasteiger partial charge is 0.491 e. The lowest BCUT2D eigenvalue weighted by Crippen LogP contribution is -2.41. The zero-order valence-corrected chi connectivity index (χ0v) is 30.6. The predicted molar refractivity (Wildman–Crippen MR) is 188 cm³/mol. The lowest BCUT2D eigenvalue weighted by molar-refractivity contribution is -0.126. The molecule has 12 nitrogen and oxygen atoms in total. The molecule has 0 radical (unpaired) electrons. The molecule has 0 bridgehead atoms. The fourth-order valence-corrected chi connectivity index (χ4v) is 5.99. The van der Waals surface area contributed by atoms with Crippen molar-refractivity contribution in [3.63, 3.8) is 0 Å². The standard InChI is InChI=1S/C36H44BF4N5O7/c1-34(2)35(3,4)53-37(52-34)26(21-36(39,40)41)31(23-12-14-27-25(20-23)32(38)43-46(27)30-11-7-8-18-51-30)24-13-15-28(42-22-24)50-19-17-45(33(48)49)16-9-10-29(47)44(5)6/h9-10,12-15,20,22,30H,7-8,11,16-19,21H2,1-6H3,(H,48,49)/b10-9+,31-26-. The van der Waals surface area contributed by atoms with Crippen molar-refractivity contribution in [3.8, 4) is 5.88 Å². The van der Waals surface area contributed by atoms with Crippen LogP contribution in [0.15, 0.2) is 54.2 Å². The minimum Gasteiger partial charge on any atom is -0.476 e. The Balaban J connectivity index is 1.51. The molecule has 286 valence electrons. The molecular weight excluding hydrogens is 701 g/mol. The second-order valence-electron chi connectivity index (χ2n) is 14.2. The number of hydrogen-bond acceptors (Lipinski definition) is 8. The van der Waals surface area contributed by atoms with E-state index in [2.05, 4.69) is 10.1 Å². The number of carbonyl (C=O) groups is 2. The molecule has 1 aromatic carbocycles. The average molecular weight is 746 g/mol. The van der Waals surface area contributed by atoms with Gasteiger partial charge in [0, 0.05) is 51.1 Å². The minimum absolute atomic E-state index is 0.0583. The lowest BCUT2D eigenvalue weighted by Gasteiger charge is -2.32. The number of nitrogens with zero attached hydrogens (tertiary/aromatic N) is 5. The number of likely N-dealkylation sites (N-methyl/N-ethyl adjacent to an activating group) is 1. The Kier molecular flexibility index (Phi) is 11.9. The molecule has 1 unspecified atom stereocenters. The number of hydrogen-bond donors (Lipinski definition) is 1. The SMILES string of the molecule is CN(C)C(=O)/C=C/CN(CCOc1ccc(/C(=C(/CC(F)(F)F)B2OC(C)(C)C(C)(C)O2)c2ccc3c(c2)c(F)nn3C2CCCCO2)cn1)C(=O)O. The van der Waals surface area contributed by atoms with Gasteiger partial charge in [0.25, 0.3) is 0 Å². The Bertz CT molecular complexity index is 1840. The fraction of sp³-hybridized carbons (Fsp3) is 0.500. The Hall–Kier alpha value is -4.48. The van der Waals surface area contributed by atoms with E-state index in [9.17, 15) is 27.9 Å². The monoisotopic (exact) mass is 745 g/mol. The van der Waals surface area contributed by atoms with Gasteiger partial charge in [0.1, 0.15) is 6.61 Å². The van der Waals surface area contributed by atoms with Crippen LogP contribution in [-0.4, -0.2) is 107 Å². The second-order valence-corrected chi connectivity index (χ2v) is 14.2. The van der Waals surface area contributed by atoms with Gasteiger partial charge in [-0.05, 0) is 81.8 Å². The normalized spacial score (nSPS) is 19.1. The van der Waals surface area contributed by atoms with Crippen LogP contribution < -0.4 is 4.74 Å². The van der Waals surface area contributed by atoms with Crippen LogP contribution in [0.5, 0.6) is 5.88 Å². The highest BCUT2D eigenvalue weighted by atomic mass is 19.4. The number of aromatic nitrogens is 3. The first-order chi connectivity index (χ1) is 24.9. The number of ether oxygens (including phenoxy) is 2. The van der Waals surface area contributed by atoms with Gasteiger partial charge in [0.2, 0.25) is 17.7 Å². The molecule has 0 saturated carbocycles. The predicted octanol–water partition coefficient (Wildman–Crippen LogP) is 6.66. The molecule has 2 fully saturated rings. The average Bonchev–Trinajstić information content (AvgIpc) is 3.53. The summed E-state index contributed by atoms with van der Waals surface area (Å²) in [5, 5.41) is 13.8. The summed E-state index contributed by atoms with van der Waals surface area (Å²) in [6, 6.07) is 7.64. The highest BCUT2D eigenvalue weighted by Crippen LogP contribution is 2.44. The number of amides is 2. The number of allylic oxidation sites excluding steroid dienone is 1. The van der Waals surface area contributed by atoms with Crippen molar-refractivity contribution in [3.05, 3.63) is 71.2 Å². The van der Waals surface area contributed by atoms with Crippen LogP contribution >= 0.6 is 0 Å². The van der Waals surface area contributed by atoms with Crippen LogP contribution in [0, 0.1) is 5.95 Å². The summed E-state index contributed by atoms with van der Waals surface area (Å²) in [6.45, 7) is 7.23. The van der Waals surface area contributed by atoms with E-state index in [1.165, 1.54) is 46.1 Å². The zero-order chi connectivity index (χ0) is 38.7. The molecule has 2 aromatic heterocycles. The Morgan fingerprint density at radius 3 is 2.38 bits per heavy atom. The van der Waals surface area contributed by atoms with Crippen molar-refractivity contribution in [1.29, 1.82) is 0 Å². The van der Waals surface area contributed by atoms with Gasteiger partial charge in [-0.15, -0.1) is 5.10 Å². The van der Waals surface area contributed by atoms with Crippen LogP contribution in [0.4, 0.5) is 22.4 Å². The molecule has 1 atom stereocenters. The first-order valence-electron chi connectivity index (χ1n) is 17.3. The molecule has 0 spiro atoms. The Labute approximate surface area is 305 Å². The smallest absolute Gasteiger partial charge is 0.476 e. The van der Waals surface area contributed by atoms with Crippen LogP contribution in [0.2, 0.25) is 0 Å². The maximum atomic E-state index is 15.5. The van der Waals surface area contributed by atoms with Crippen molar-refractivity contribution < 1.29 is 51.0 Å². The van der Waals surface area contributed by atoms with E-state index in [-0.39, 0.29) is 59.0 Å². The van der Waals surface area contributed by atoms with E-state index in [0.717, 1.165) is 17.7 Å². The molecule has 2 amide bonds. The Morgan fingerprint density at radius 2 is 1.79 bits per heavy atom. The summed E-state index contributed by atoms with van der Waals surface area (Å²) in [5.74, 6) is -1.00. The maximum absolute atomic E-state index is 15.5. The molecule has 5 rings (SSSR count). The minimum atomic E-state index is -4.68. The zero-order valence-electron chi connectivity index (χ0n) is 30.6. The molecule has 2 aliphatic heterocycles. The van der Waals surface area contributed by atoms with Gasteiger partial charge in [-0.25, -0.2) is 14.5 Å². The number of halogens is 4. The number of alkyl halides is 3. The van der Waals surface area contributed by atoms with Crippen molar-refractivity contribution in [2.24, 2.45) is 0 Å². The van der Waals surface area contributed by atoms with Gasteiger partial charge in [0.05, 0.1) is 35.1 Å². The van der Waals surface area contributed by atoms with Crippen molar-refractivity contribution >= 4 is 35.6 Å². The lowest BCUT2D eigenvalue weighted by atomic mass is 9.70. The molecule has 53 heavy (non-hydrogen) atoms. The van der Waals surface area contributed by atoms with Gasteiger partial charge >= 0.3 is 19.4 Å². The molecule has 0 aliphatic carbocycles. The number of rotatable bonds is 12. The topological polar surface area (TPSA) is 128 Å². The highest BCUT2D eigenvalue weighted by molar-refractivity contribution is 6.56. The van der Waals surface area contributed by atoms with Gasteiger partial charge in [-0.3, -0.25) is 4.79 Å². The van der Waals surface area contributed by atoms with Gasteiger partial charge < -0.3 is 33.7 Å². The van der Waals surface area contributed by atoms with Crippen molar-refractivity contribution in [2.45, 2.75) is 77.0 Å². The third-order valence-corrected chi connectivity index (χ3v) is 9.56. The van der Waals surface area contributed by atoms with Crippen molar-refractivity contribution in [2.75, 3.05) is 40.4 Å². The van der Waals surface area contributed by atoms with Gasteiger partial charge in [-0.1, -0.05) is 12.1 Å². The third kappa shape index (κ3) is 9.37. The number of benzene rings is 1. The van der Waals surface area contributed by atoms with Crippen LogP contribution in [-0.2, 0) is 18.8 Å². The Morgan fingerprint density at radius 1 is 1.09 bits per heavy atom. The fourth-order valence-electron chi connectivity index (χ4n) is 5.99.